The molecule has 108 valence electrons. The molecule has 0 saturated carbocycles. The van der Waals surface area contributed by atoms with Gasteiger partial charge in [0.15, 0.2) is 0 Å². The molecule has 1 amide bonds. The third kappa shape index (κ3) is 3.61. The lowest BCUT2D eigenvalue weighted by Crippen LogP contribution is -2.36. The van der Waals surface area contributed by atoms with E-state index in [2.05, 4.69) is 22.4 Å². The number of aryl methyl sites for hydroxylation is 1. The minimum absolute atomic E-state index is 0.00465. The van der Waals surface area contributed by atoms with E-state index in [-0.39, 0.29) is 18.6 Å². The van der Waals surface area contributed by atoms with Gasteiger partial charge in [0.05, 0.1) is 12.6 Å². The second-order valence-corrected chi connectivity index (χ2v) is 5.07. The Morgan fingerprint density at radius 3 is 2.95 bits per heavy atom. The number of para-hydroxylation sites is 1. The van der Waals surface area contributed by atoms with Crippen LogP contribution >= 0.6 is 0 Å². The molecule has 0 aliphatic rings. The van der Waals surface area contributed by atoms with E-state index >= 15 is 0 Å². The molecule has 3 N–H and O–H groups in total. The van der Waals surface area contributed by atoms with Gasteiger partial charge in [0, 0.05) is 23.5 Å². The number of H-pyrrole nitrogens is 1. The molecule has 1 heterocycles. The second kappa shape index (κ2) is 7.10. The summed E-state index contributed by atoms with van der Waals surface area (Å²) < 4.78 is 0. The number of hydrogen-bond donors (Lipinski definition) is 3. The van der Waals surface area contributed by atoms with Crippen LogP contribution in [0.15, 0.2) is 30.5 Å². The Morgan fingerprint density at radius 2 is 2.20 bits per heavy atom. The number of aliphatic hydroxyl groups is 1. The average Bonchev–Trinajstić information content (AvgIpc) is 2.88. The molecule has 0 aliphatic carbocycles. The van der Waals surface area contributed by atoms with Gasteiger partial charge in [0.2, 0.25) is 5.91 Å². The molecular weight excluding hydrogens is 252 g/mol. The van der Waals surface area contributed by atoms with Crippen LogP contribution in [0.1, 0.15) is 31.7 Å². The number of carbonyl (C=O) groups is 1. The molecule has 0 radical (unpaired) electrons. The predicted molar refractivity (Wildman–Crippen MR) is 80.5 cm³/mol. The van der Waals surface area contributed by atoms with Crippen molar-refractivity contribution in [3.63, 3.8) is 0 Å². The van der Waals surface area contributed by atoms with Gasteiger partial charge in [0.25, 0.3) is 0 Å². The van der Waals surface area contributed by atoms with Gasteiger partial charge >= 0.3 is 0 Å². The zero-order valence-electron chi connectivity index (χ0n) is 11.9. The number of hydrogen-bond acceptors (Lipinski definition) is 2. The van der Waals surface area contributed by atoms with E-state index in [9.17, 15) is 4.79 Å². The zero-order chi connectivity index (χ0) is 14.4. The first-order valence-corrected chi connectivity index (χ1v) is 7.19. The summed E-state index contributed by atoms with van der Waals surface area (Å²) in [7, 11) is 0. The van der Waals surface area contributed by atoms with E-state index in [0.717, 1.165) is 24.8 Å². The first kappa shape index (κ1) is 14.6. The molecule has 20 heavy (non-hydrogen) atoms. The standard InChI is InChI=1S/C16H22N2O2/c1-2-13(11-19)18-16(20)9-5-6-12-10-17-15-8-4-3-7-14(12)15/h3-4,7-8,10,13,17,19H,2,5-6,9,11H2,1H3,(H,18,20). The van der Waals surface area contributed by atoms with Crippen molar-refractivity contribution in [2.75, 3.05) is 6.61 Å². The Morgan fingerprint density at radius 1 is 1.40 bits per heavy atom. The van der Waals surface area contributed by atoms with Gasteiger partial charge in [0.1, 0.15) is 0 Å². The van der Waals surface area contributed by atoms with Crippen LogP contribution in [0.3, 0.4) is 0 Å². The third-order valence-electron chi connectivity index (χ3n) is 3.60. The molecule has 0 fully saturated rings. The highest BCUT2D eigenvalue weighted by molar-refractivity contribution is 5.83. The number of fused-ring (bicyclic) bond motifs is 1. The highest BCUT2D eigenvalue weighted by Gasteiger charge is 2.09. The molecule has 1 unspecified atom stereocenters. The van der Waals surface area contributed by atoms with E-state index in [1.807, 2.05) is 25.3 Å². The van der Waals surface area contributed by atoms with Crippen LogP contribution in [-0.2, 0) is 11.2 Å². The van der Waals surface area contributed by atoms with Gasteiger partial charge in [-0.3, -0.25) is 4.79 Å². The maximum Gasteiger partial charge on any atom is 0.220 e. The summed E-state index contributed by atoms with van der Waals surface area (Å²) in [4.78, 5) is 15.0. The van der Waals surface area contributed by atoms with Crippen LogP contribution in [0.5, 0.6) is 0 Å². The van der Waals surface area contributed by atoms with Crippen molar-refractivity contribution in [3.05, 3.63) is 36.0 Å². The van der Waals surface area contributed by atoms with Gasteiger partial charge in [-0.05, 0) is 30.9 Å². The highest BCUT2D eigenvalue weighted by Crippen LogP contribution is 2.19. The predicted octanol–water partition coefficient (Wildman–Crippen LogP) is 2.38. The van der Waals surface area contributed by atoms with Crippen molar-refractivity contribution in [2.45, 2.75) is 38.6 Å². The number of aromatic nitrogens is 1. The van der Waals surface area contributed by atoms with Gasteiger partial charge < -0.3 is 15.4 Å². The lowest BCUT2D eigenvalue weighted by atomic mass is 10.1. The maximum atomic E-state index is 11.7. The SMILES string of the molecule is CCC(CO)NC(=O)CCCc1c[nH]c2ccccc12. The first-order chi connectivity index (χ1) is 9.74. The van der Waals surface area contributed by atoms with Gasteiger partial charge in [-0.1, -0.05) is 25.1 Å². The first-order valence-electron chi connectivity index (χ1n) is 7.19. The molecule has 2 rings (SSSR count). The minimum atomic E-state index is -0.115. The van der Waals surface area contributed by atoms with E-state index in [1.54, 1.807) is 0 Å². The number of nitrogens with one attached hydrogen (secondary N) is 2. The normalized spacial score (nSPS) is 12.5. The summed E-state index contributed by atoms with van der Waals surface area (Å²) >= 11 is 0. The fourth-order valence-corrected chi connectivity index (χ4v) is 2.35. The molecule has 1 aromatic heterocycles. The van der Waals surface area contributed by atoms with Crippen LogP contribution < -0.4 is 5.32 Å². The Labute approximate surface area is 119 Å². The number of aromatic amines is 1. The highest BCUT2D eigenvalue weighted by atomic mass is 16.3. The Balaban J connectivity index is 1.82. The van der Waals surface area contributed by atoms with Crippen molar-refractivity contribution in [2.24, 2.45) is 0 Å². The van der Waals surface area contributed by atoms with E-state index in [0.29, 0.717) is 6.42 Å². The molecule has 1 aromatic carbocycles. The number of amides is 1. The largest absolute Gasteiger partial charge is 0.394 e. The summed E-state index contributed by atoms with van der Waals surface area (Å²) in [5.41, 5.74) is 2.39. The number of rotatable bonds is 7. The minimum Gasteiger partial charge on any atom is -0.394 e. The summed E-state index contributed by atoms with van der Waals surface area (Å²) in [6, 6.07) is 8.07. The van der Waals surface area contributed by atoms with Crippen LogP contribution in [-0.4, -0.2) is 28.6 Å². The molecule has 4 heteroatoms. The quantitative estimate of drug-likeness (QED) is 0.725. The molecule has 0 spiro atoms. The Hall–Kier alpha value is -1.81. The lowest BCUT2D eigenvalue weighted by molar-refractivity contribution is -0.122. The topological polar surface area (TPSA) is 65.1 Å². The van der Waals surface area contributed by atoms with Crippen LogP contribution in [0.2, 0.25) is 0 Å². The smallest absolute Gasteiger partial charge is 0.220 e. The Bertz CT molecular complexity index is 558. The number of aliphatic hydroxyl groups excluding tert-OH is 1. The van der Waals surface area contributed by atoms with Gasteiger partial charge in [-0.25, -0.2) is 0 Å². The summed E-state index contributed by atoms with van der Waals surface area (Å²) in [5.74, 6) is 0.0192. The molecule has 1 atom stereocenters. The fourth-order valence-electron chi connectivity index (χ4n) is 2.35. The summed E-state index contributed by atoms with van der Waals surface area (Å²) in [5, 5.41) is 13.1. The second-order valence-electron chi connectivity index (χ2n) is 5.07. The molecule has 2 aromatic rings. The van der Waals surface area contributed by atoms with Crippen molar-refractivity contribution >= 4 is 16.8 Å². The van der Waals surface area contributed by atoms with Crippen LogP contribution in [0.4, 0.5) is 0 Å². The molecule has 0 aliphatic heterocycles. The van der Waals surface area contributed by atoms with Crippen molar-refractivity contribution in [3.8, 4) is 0 Å². The molecule has 4 nitrogen and oxygen atoms in total. The van der Waals surface area contributed by atoms with Crippen molar-refractivity contribution in [1.29, 1.82) is 0 Å². The average molecular weight is 274 g/mol. The molecule has 0 saturated heterocycles. The number of carbonyl (C=O) groups excluding carboxylic acids is 1. The fraction of sp³-hybridized carbons (Fsp3) is 0.438. The van der Waals surface area contributed by atoms with E-state index in [4.69, 9.17) is 5.11 Å². The van der Waals surface area contributed by atoms with E-state index in [1.165, 1.54) is 10.9 Å². The monoisotopic (exact) mass is 274 g/mol. The zero-order valence-corrected chi connectivity index (χ0v) is 11.9. The summed E-state index contributed by atoms with van der Waals surface area (Å²) in [6.45, 7) is 1.96. The number of benzene rings is 1. The van der Waals surface area contributed by atoms with Gasteiger partial charge in [-0.15, -0.1) is 0 Å². The van der Waals surface area contributed by atoms with Crippen molar-refractivity contribution in [1.82, 2.24) is 10.3 Å². The third-order valence-corrected chi connectivity index (χ3v) is 3.60. The van der Waals surface area contributed by atoms with Gasteiger partial charge in [-0.2, -0.15) is 0 Å². The Kier molecular flexibility index (Phi) is 5.18. The summed E-state index contributed by atoms with van der Waals surface area (Å²) in [6.07, 6.45) is 4.97. The molecule has 0 bridgehead atoms. The van der Waals surface area contributed by atoms with E-state index < -0.39 is 0 Å². The molecular formula is C16H22N2O2. The van der Waals surface area contributed by atoms with Crippen molar-refractivity contribution < 1.29 is 9.90 Å². The van der Waals surface area contributed by atoms with Crippen LogP contribution in [0.25, 0.3) is 10.9 Å². The lowest BCUT2D eigenvalue weighted by Gasteiger charge is -2.13. The van der Waals surface area contributed by atoms with Crippen LogP contribution in [0, 0.1) is 0 Å². The maximum absolute atomic E-state index is 11.7.